The predicted octanol–water partition coefficient (Wildman–Crippen LogP) is 5.99. The van der Waals surface area contributed by atoms with E-state index in [1.54, 1.807) is 6.20 Å². The van der Waals surface area contributed by atoms with Gasteiger partial charge in [0.1, 0.15) is 0 Å². The van der Waals surface area contributed by atoms with E-state index in [0.717, 1.165) is 30.3 Å². The highest BCUT2D eigenvalue weighted by Crippen LogP contribution is 2.15. The fourth-order valence-electron chi connectivity index (χ4n) is 2.61. The Hall–Kier alpha value is -1.10. The highest BCUT2D eigenvalue weighted by molar-refractivity contribution is 9.10. The number of aliphatic carboxylic acids is 1. The van der Waals surface area contributed by atoms with Gasteiger partial charge in [-0.3, -0.25) is 4.79 Å². The van der Waals surface area contributed by atoms with Crippen LogP contribution in [0.25, 0.3) is 0 Å². The molecule has 0 bridgehead atoms. The molecule has 0 spiro atoms. The fraction of sp³-hybridized carbons (Fsp3) is 0.684. The normalized spacial score (nSPS) is 10.7. The minimum Gasteiger partial charge on any atom is -0.481 e. The van der Waals surface area contributed by atoms with E-state index >= 15 is 0 Å². The van der Waals surface area contributed by atoms with Gasteiger partial charge in [0, 0.05) is 23.2 Å². The monoisotopic (exact) mass is 399 g/mol. The molecule has 1 rings (SSSR count). The Bertz CT molecular complexity index is 454. The van der Waals surface area contributed by atoms with Gasteiger partial charge in [0.25, 0.3) is 0 Å². The van der Waals surface area contributed by atoms with Crippen molar-refractivity contribution in [3.05, 3.63) is 22.8 Å². The Kier molecular flexibility index (Phi) is 12.4. The van der Waals surface area contributed by atoms with Crippen molar-refractivity contribution in [3.63, 3.8) is 0 Å². The Morgan fingerprint density at radius 3 is 2.04 bits per heavy atom. The zero-order valence-corrected chi connectivity index (χ0v) is 16.1. The summed E-state index contributed by atoms with van der Waals surface area (Å²) in [4.78, 5) is 14.5. The van der Waals surface area contributed by atoms with Crippen LogP contribution in [0.3, 0.4) is 0 Å². The third-order valence-electron chi connectivity index (χ3n) is 3.98. The minimum absolute atomic E-state index is 0.321. The summed E-state index contributed by atoms with van der Waals surface area (Å²) in [6.07, 6.45) is 15.1. The molecule has 1 heterocycles. The lowest BCUT2D eigenvalue weighted by Crippen LogP contribution is -1.98. The molecule has 0 aliphatic rings. The average molecular weight is 400 g/mol. The maximum Gasteiger partial charge on any atom is 0.303 e. The van der Waals surface area contributed by atoms with Crippen molar-refractivity contribution in [2.24, 2.45) is 0 Å². The molecule has 1 aromatic heterocycles. The lowest BCUT2D eigenvalue weighted by atomic mass is 10.1. The van der Waals surface area contributed by atoms with Crippen LogP contribution in [-0.2, 0) is 4.79 Å². The number of carboxylic acid groups (broad SMARTS) is 1. The first-order chi connectivity index (χ1) is 11.7. The van der Waals surface area contributed by atoms with Gasteiger partial charge in [0.05, 0.1) is 6.61 Å². The second-order valence-corrected chi connectivity index (χ2v) is 7.11. The average Bonchev–Trinajstić information content (AvgIpc) is 2.55. The molecular weight excluding hydrogens is 370 g/mol. The number of nitrogens with zero attached hydrogens (tertiary/aromatic N) is 1. The molecule has 1 aromatic rings. The number of hydrogen-bond acceptors (Lipinski definition) is 3. The summed E-state index contributed by atoms with van der Waals surface area (Å²) >= 11 is 3.41. The van der Waals surface area contributed by atoms with Crippen molar-refractivity contribution >= 4 is 21.9 Å². The standard InChI is InChI=1S/C19H30BrNO3/c20-17-13-14-21-18(16-17)24-15-11-9-7-5-3-1-2-4-6-8-10-12-19(22)23/h13-14,16H,1-12,15H2,(H,22,23). The number of carbonyl (C=O) groups is 1. The number of ether oxygens (including phenoxy) is 1. The first-order valence-electron chi connectivity index (χ1n) is 9.14. The van der Waals surface area contributed by atoms with Crippen molar-refractivity contribution in [1.82, 2.24) is 4.98 Å². The van der Waals surface area contributed by atoms with E-state index in [9.17, 15) is 4.79 Å². The number of unbranched alkanes of at least 4 members (excludes halogenated alkanes) is 10. The molecule has 0 fully saturated rings. The summed E-state index contributed by atoms with van der Waals surface area (Å²) in [5.41, 5.74) is 0. The van der Waals surface area contributed by atoms with E-state index in [-0.39, 0.29) is 0 Å². The van der Waals surface area contributed by atoms with Gasteiger partial charge in [-0.1, -0.05) is 73.7 Å². The van der Waals surface area contributed by atoms with Crippen LogP contribution in [0.15, 0.2) is 22.8 Å². The van der Waals surface area contributed by atoms with E-state index < -0.39 is 5.97 Å². The van der Waals surface area contributed by atoms with Gasteiger partial charge in [-0.15, -0.1) is 0 Å². The fourth-order valence-corrected chi connectivity index (χ4v) is 2.92. The van der Waals surface area contributed by atoms with Gasteiger partial charge in [0.2, 0.25) is 5.88 Å². The zero-order valence-electron chi connectivity index (χ0n) is 14.5. The zero-order chi connectivity index (χ0) is 17.5. The molecule has 0 aliphatic carbocycles. The van der Waals surface area contributed by atoms with Gasteiger partial charge >= 0.3 is 5.97 Å². The largest absolute Gasteiger partial charge is 0.481 e. The van der Waals surface area contributed by atoms with Gasteiger partial charge in [-0.25, -0.2) is 4.98 Å². The maximum absolute atomic E-state index is 10.4. The van der Waals surface area contributed by atoms with Crippen molar-refractivity contribution in [3.8, 4) is 5.88 Å². The molecule has 0 saturated heterocycles. The van der Waals surface area contributed by atoms with Gasteiger partial charge in [-0.2, -0.15) is 0 Å². The number of pyridine rings is 1. The summed E-state index contributed by atoms with van der Waals surface area (Å²) in [5, 5.41) is 8.55. The van der Waals surface area contributed by atoms with Gasteiger partial charge in [-0.05, 0) is 18.9 Å². The van der Waals surface area contributed by atoms with Crippen LogP contribution in [0, 0.1) is 0 Å². The molecule has 24 heavy (non-hydrogen) atoms. The van der Waals surface area contributed by atoms with Crippen LogP contribution in [0.1, 0.15) is 77.0 Å². The van der Waals surface area contributed by atoms with Gasteiger partial charge in [0.15, 0.2) is 0 Å². The summed E-state index contributed by atoms with van der Waals surface area (Å²) in [5.74, 6) is 0.0148. The molecule has 0 saturated carbocycles. The van der Waals surface area contributed by atoms with Crippen molar-refractivity contribution in [2.75, 3.05) is 6.61 Å². The van der Waals surface area contributed by atoms with E-state index in [0.29, 0.717) is 12.3 Å². The molecular formula is C19H30BrNO3. The third kappa shape index (κ3) is 12.3. The molecule has 5 heteroatoms. The number of carboxylic acids is 1. The van der Waals surface area contributed by atoms with E-state index in [1.807, 2.05) is 12.1 Å². The van der Waals surface area contributed by atoms with E-state index in [2.05, 4.69) is 20.9 Å². The quantitative estimate of drug-likeness (QED) is 0.368. The van der Waals surface area contributed by atoms with Crippen LogP contribution in [0.4, 0.5) is 0 Å². The van der Waals surface area contributed by atoms with Crippen LogP contribution in [-0.4, -0.2) is 22.7 Å². The van der Waals surface area contributed by atoms with Crippen molar-refractivity contribution in [2.45, 2.75) is 77.0 Å². The molecule has 0 atom stereocenters. The number of hydrogen-bond donors (Lipinski definition) is 1. The van der Waals surface area contributed by atoms with Crippen LogP contribution in [0.2, 0.25) is 0 Å². The molecule has 1 N–H and O–H groups in total. The molecule has 0 radical (unpaired) electrons. The lowest BCUT2D eigenvalue weighted by Gasteiger charge is -2.05. The Morgan fingerprint density at radius 2 is 1.50 bits per heavy atom. The van der Waals surface area contributed by atoms with Crippen molar-refractivity contribution in [1.29, 1.82) is 0 Å². The van der Waals surface area contributed by atoms with Crippen LogP contribution >= 0.6 is 15.9 Å². The minimum atomic E-state index is -0.673. The molecule has 0 aliphatic heterocycles. The highest BCUT2D eigenvalue weighted by atomic mass is 79.9. The predicted molar refractivity (Wildman–Crippen MR) is 100 cm³/mol. The first-order valence-corrected chi connectivity index (χ1v) is 9.94. The van der Waals surface area contributed by atoms with E-state index in [1.165, 1.54) is 51.4 Å². The van der Waals surface area contributed by atoms with Crippen LogP contribution < -0.4 is 4.74 Å². The summed E-state index contributed by atoms with van der Waals surface area (Å²) in [7, 11) is 0. The SMILES string of the molecule is O=C(O)CCCCCCCCCCCCCOc1cc(Br)ccn1. The van der Waals surface area contributed by atoms with E-state index in [4.69, 9.17) is 9.84 Å². The molecule has 0 amide bonds. The molecule has 4 nitrogen and oxygen atoms in total. The Morgan fingerprint density at radius 1 is 0.958 bits per heavy atom. The number of rotatable bonds is 15. The lowest BCUT2D eigenvalue weighted by molar-refractivity contribution is -0.137. The van der Waals surface area contributed by atoms with Gasteiger partial charge < -0.3 is 9.84 Å². The molecule has 0 unspecified atom stereocenters. The van der Waals surface area contributed by atoms with Crippen molar-refractivity contribution < 1.29 is 14.6 Å². The topological polar surface area (TPSA) is 59.4 Å². The Balaban J connectivity index is 1.78. The highest BCUT2D eigenvalue weighted by Gasteiger charge is 1.98. The molecule has 136 valence electrons. The number of halogens is 1. The second-order valence-electron chi connectivity index (χ2n) is 6.19. The maximum atomic E-state index is 10.4. The second kappa shape index (κ2) is 14.3. The summed E-state index contributed by atoms with van der Waals surface area (Å²) in [6, 6.07) is 3.78. The molecule has 0 aromatic carbocycles. The third-order valence-corrected chi connectivity index (χ3v) is 4.48. The van der Waals surface area contributed by atoms with Crippen LogP contribution in [0.5, 0.6) is 5.88 Å². The summed E-state index contributed by atoms with van der Waals surface area (Å²) < 4.78 is 6.61. The first kappa shape index (κ1) is 20.9. The number of aromatic nitrogens is 1. The Labute approximate surface area is 154 Å². The smallest absolute Gasteiger partial charge is 0.303 e. The summed E-state index contributed by atoms with van der Waals surface area (Å²) in [6.45, 7) is 0.736.